The first-order valence-electron chi connectivity index (χ1n) is 6.06. The molecule has 18 heavy (non-hydrogen) atoms. The third-order valence-electron chi connectivity index (χ3n) is 2.65. The molecular formula is C13H18N4O. The largest absolute Gasteiger partial charge is 0.383 e. The lowest BCUT2D eigenvalue weighted by Gasteiger charge is -2.09. The van der Waals surface area contributed by atoms with Gasteiger partial charge in [0.1, 0.15) is 0 Å². The Bertz CT molecular complexity index is 484. The van der Waals surface area contributed by atoms with E-state index in [0.717, 1.165) is 42.8 Å². The number of benzene rings is 1. The molecule has 1 aromatic heterocycles. The van der Waals surface area contributed by atoms with E-state index in [4.69, 9.17) is 4.74 Å². The summed E-state index contributed by atoms with van der Waals surface area (Å²) in [6.07, 6.45) is 1.76. The summed E-state index contributed by atoms with van der Waals surface area (Å²) in [5.74, 6) is 0. The summed E-state index contributed by atoms with van der Waals surface area (Å²) in [7, 11) is 1.70. The Labute approximate surface area is 107 Å². The summed E-state index contributed by atoms with van der Waals surface area (Å²) >= 11 is 0. The van der Waals surface area contributed by atoms with E-state index in [1.807, 2.05) is 24.3 Å². The van der Waals surface area contributed by atoms with Crippen LogP contribution in [0, 0.1) is 0 Å². The first-order chi connectivity index (χ1) is 8.92. The van der Waals surface area contributed by atoms with Crippen molar-refractivity contribution in [2.24, 2.45) is 0 Å². The zero-order valence-electron chi connectivity index (χ0n) is 10.5. The van der Waals surface area contributed by atoms with Crippen LogP contribution in [-0.2, 0) is 4.74 Å². The maximum atomic E-state index is 4.96. The molecule has 2 aromatic rings. The molecular weight excluding hydrogens is 228 g/mol. The predicted molar refractivity (Wildman–Crippen MR) is 72.8 cm³/mol. The van der Waals surface area contributed by atoms with Crippen molar-refractivity contribution in [1.29, 1.82) is 0 Å². The van der Waals surface area contributed by atoms with E-state index >= 15 is 0 Å². The lowest BCUT2D eigenvalue weighted by atomic mass is 10.2. The smallest absolute Gasteiger partial charge is 0.0950 e. The van der Waals surface area contributed by atoms with Crippen molar-refractivity contribution in [2.75, 3.05) is 38.7 Å². The molecule has 2 N–H and O–H groups in total. The molecule has 96 valence electrons. The molecule has 0 aliphatic carbocycles. The highest BCUT2D eigenvalue weighted by atomic mass is 16.5. The van der Waals surface area contributed by atoms with Gasteiger partial charge >= 0.3 is 0 Å². The number of methoxy groups -OCH3 is 1. The number of ether oxygens (including phenoxy) is 1. The summed E-state index contributed by atoms with van der Waals surface area (Å²) in [6, 6.07) is 7.98. The highest BCUT2D eigenvalue weighted by Crippen LogP contribution is 2.18. The molecule has 0 radical (unpaired) electrons. The molecule has 0 atom stereocenters. The summed E-state index contributed by atoms with van der Waals surface area (Å²) < 4.78 is 4.96. The second-order valence-corrected chi connectivity index (χ2v) is 3.94. The van der Waals surface area contributed by atoms with Crippen molar-refractivity contribution < 1.29 is 4.74 Å². The van der Waals surface area contributed by atoms with Crippen LogP contribution in [0.2, 0.25) is 0 Å². The van der Waals surface area contributed by atoms with Gasteiger partial charge in [0.25, 0.3) is 0 Å². The van der Waals surface area contributed by atoms with E-state index in [1.54, 1.807) is 13.3 Å². The summed E-state index contributed by atoms with van der Waals surface area (Å²) in [5.41, 5.74) is 1.93. The molecule has 0 saturated carbocycles. The Morgan fingerprint density at radius 2 is 2.06 bits per heavy atom. The number of aromatic nitrogens is 2. The maximum absolute atomic E-state index is 4.96. The van der Waals surface area contributed by atoms with Crippen molar-refractivity contribution >= 4 is 16.6 Å². The minimum atomic E-state index is 0.736. The van der Waals surface area contributed by atoms with Crippen molar-refractivity contribution in [1.82, 2.24) is 15.5 Å². The fourth-order valence-corrected chi connectivity index (χ4v) is 1.73. The second-order valence-electron chi connectivity index (χ2n) is 3.94. The Balaban J connectivity index is 1.88. The third-order valence-corrected chi connectivity index (χ3v) is 2.65. The molecule has 2 rings (SSSR count). The molecule has 1 heterocycles. The number of anilines is 1. The molecule has 0 fully saturated rings. The zero-order valence-corrected chi connectivity index (χ0v) is 10.5. The van der Waals surface area contributed by atoms with Gasteiger partial charge in [-0.05, 0) is 6.07 Å². The van der Waals surface area contributed by atoms with E-state index in [9.17, 15) is 0 Å². The minimum absolute atomic E-state index is 0.736. The van der Waals surface area contributed by atoms with Crippen LogP contribution < -0.4 is 10.6 Å². The molecule has 0 aliphatic rings. The number of rotatable bonds is 7. The quantitative estimate of drug-likeness (QED) is 0.721. The zero-order chi connectivity index (χ0) is 12.6. The van der Waals surface area contributed by atoms with E-state index in [1.165, 1.54) is 0 Å². The van der Waals surface area contributed by atoms with Crippen molar-refractivity contribution in [3.8, 4) is 0 Å². The minimum Gasteiger partial charge on any atom is -0.383 e. The first-order valence-corrected chi connectivity index (χ1v) is 6.06. The number of hydrogen-bond acceptors (Lipinski definition) is 5. The first kappa shape index (κ1) is 12.7. The van der Waals surface area contributed by atoms with Gasteiger partial charge in [0.05, 0.1) is 24.0 Å². The van der Waals surface area contributed by atoms with Crippen LogP contribution >= 0.6 is 0 Å². The maximum Gasteiger partial charge on any atom is 0.0950 e. The molecule has 0 amide bonds. The van der Waals surface area contributed by atoms with Crippen LogP contribution in [0.1, 0.15) is 0 Å². The SMILES string of the molecule is COCCNCCNc1cnnc2ccccc12. The summed E-state index contributed by atoms with van der Waals surface area (Å²) in [6.45, 7) is 3.34. The van der Waals surface area contributed by atoms with Crippen LogP contribution in [-0.4, -0.2) is 43.5 Å². The Morgan fingerprint density at radius 1 is 1.17 bits per heavy atom. The fraction of sp³-hybridized carbons (Fsp3) is 0.385. The molecule has 0 bridgehead atoms. The fourth-order valence-electron chi connectivity index (χ4n) is 1.73. The lowest BCUT2D eigenvalue weighted by molar-refractivity contribution is 0.200. The highest BCUT2D eigenvalue weighted by molar-refractivity contribution is 5.90. The normalized spacial score (nSPS) is 10.7. The molecule has 0 unspecified atom stereocenters. The van der Waals surface area contributed by atoms with Gasteiger partial charge in [-0.3, -0.25) is 0 Å². The van der Waals surface area contributed by atoms with Gasteiger partial charge in [-0.1, -0.05) is 18.2 Å². The molecule has 5 heteroatoms. The highest BCUT2D eigenvalue weighted by Gasteiger charge is 2.00. The summed E-state index contributed by atoms with van der Waals surface area (Å²) in [5, 5.41) is 15.8. The van der Waals surface area contributed by atoms with Crippen LogP contribution in [0.5, 0.6) is 0 Å². The van der Waals surface area contributed by atoms with Gasteiger partial charge < -0.3 is 15.4 Å². The van der Waals surface area contributed by atoms with Crippen LogP contribution in [0.4, 0.5) is 5.69 Å². The Kier molecular flexibility index (Phi) is 4.87. The van der Waals surface area contributed by atoms with E-state index in [0.29, 0.717) is 0 Å². The van der Waals surface area contributed by atoms with Gasteiger partial charge in [-0.25, -0.2) is 0 Å². The second kappa shape index (κ2) is 6.88. The predicted octanol–water partition coefficient (Wildman–Crippen LogP) is 1.28. The van der Waals surface area contributed by atoms with E-state index in [2.05, 4.69) is 20.8 Å². The standard InChI is InChI=1S/C13H18N4O/c1-18-9-8-14-6-7-15-13-10-16-17-12-5-3-2-4-11(12)13/h2-5,10,14H,6-9H2,1H3,(H,15,17). The van der Waals surface area contributed by atoms with Gasteiger partial charge in [-0.2, -0.15) is 10.2 Å². The van der Waals surface area contributed by atoms with Gasteiger partial charge in [-0.15, -0.1) is 0 Å². The molecule has 0 spiro atoms. The van der Waals surface area contributed by atoms with Crippen molar-refractivity contribution in [3.63, 3.8) is 0 Å². The number of nitrogens with one attached hydrogen (secondary N) is 2. The van der Waals surface area contributed by atoms with Crippen LogP contribution in [0.15, 0.2) is 30.5 Å². The van der Waals surface area contributed by atoms with E-state index in [-0.39, 0.29) is 0 Å². The Morgan fingerprint density at radius 3 is 2.94 bits per heavy atom. The van der Waals surface area contributed by atoms with Gasteiger partial charge in [0.2, 0.25) is 0 Å². The topological polar surface area (TPSA) is 59.1 Å². The van der Waals surface area contributed by atoms with Crippen LogP contribution in [0.25, 0.3) is 10.9 Å². The average Bonchev–Trinajstić information content (AvgIpc) is 2.43. The monoisotopic (exact) mass is 246 g/mol. The Hall–Kier alpha value is -1.72. The molecule has 1 aromatic carbocycles. The van der Waals surface area contributed by atoms with E-state index < -0.39 is 0 Å². The van der Waals surface area contributed by atoms with Crippen LogP contribution in [0.3, 0.4) is 0 Å². The number of fused-ring (bicyclic) bond motifs is 1. The van der Waals surface area contributed by atoms with Crippen molar-refractivity contribution in [2.45, 2.75) is 0 Å². The lowest BCUT2D eigenvalue weighted by Crippen LogP contribution is -2.25. The van der Waals surface area contributed by atoms with Gasteiger partial charge in [0.15, 0.2) is 0 Å². The summed E-state index contributed by atoms with van der Waals surface area (Å²) in [4.78, 5) is 0. The molecule has 0 saturated heterocycles. The third kappa shape index (κ3) is 3.38. The van der Waals surface area contributed by atoms with Gasteiger partial charge in [0, 0.05) is 32.1 Å². The molecule has 0 aliphatic heterocycles. The van der Waals surface area contributed by atoms with Crippen molar-refractivity contribution in [3.05, 3.63) is 30.5 Å². The number of nitrogens with zero attached hydrogens (tertiary/aromatic N) is 2. The number of hydrogen-bond donors (Lipinski definition) is 2. The average molecular weight is 246 g/mol. The molecule has 5 nitrogen and oxygen atoms in total.